The molecule has 1 heterocycles. The van der Waals surface area contributed by atoms with Gasteiger partial charge in [-0.25, -0.2) is 0 Å². The van der Waals surface area contributed by atoms with Crippen LogP contribution in [0.1, 0.15) is 95.5 Å². The van der Waals surface area contributed by atoms with Gasteiger partial charge < -0.3 is 9.84 Å². The fourth-order valence-corrected chi connectivity index (χ4v) is 3.10. The van der Waals surface area contributed by atoms with Crippen LogP contribution < -0.4 is 5.32 Å². The third-order valence-corrected chi connectivity index (χ3v) is 5.60. The van der Waals surface area contributed by atoms with E-state index in [0.717, 1.165) is 30.6 Å². The highest BCUT2D eigenvalue weighted by atomic mass is 16.5. The lowest BCUT2D eigenvalue weighted by Gasteiger charge is -2.44. The number of carbonyl (C=O) groups excluding carboxylic acids is 1. The molecule has 0 aliphatic heterocycles. The number of nitrogens with zero attached hydrogens (tertiary/aromatic N) is 1. The van der Waals surface area contributed by atoms with E-state index in [1.54, 1.807) is 0 Å². The van der Waals surface area contributed by atoms with Crippen LogP contribution in [-0.2, 0) is 6.42 Å². The third kappa shape index (κ3) is 4.36. The van der Waals surface area contributed by atoms with E-state index in [4.69, 9.17) is 4.52 Å². The average molecular weight is 322 g/mol. The summed E-state index contributed by atoms with van der Waals surface area (Å²) < 4.78 is 5.26. The van der Waals surface area contributed by atoms with E-state index in [9.17, 15) is 4.79 Å². The Morgan fingerprint density at radius 3 is 2.30 bits per heavy atom. The van der Waals surface area contributed by atoms with Crippen molar-refractivity contribution in [3.63, 3.8) is 0 Å². The SMILES string of the molecule is CCCCCC(C)(CC)C(C)(C)NC(=O)c1noc(CC)c1C. The molecule has 1 rings (SSSR count). The molecule has 0 bridgehead atoms. The van der Waals surface area contributed by atoms with Gasteiger partial charge in [-0.1, -0.05) is 52.1 Å². The lowest BCUT2D eigenvalue weighted by atomic mass is 9.67. The summed E-state index contributed by atoms with van der Waals surface area (Å²) in [7, 11) is 0. The summed E-state index contributed by atoms with van der Waals surface area (Å²) in [4.78, 5) is 12.7. The van der Waals surface area contributed by atoms with E-state index in [1.807, 2.05) is 13.8 Å². The average Bonchev–Trinajstić information content (AvgIpc) is 2.87. The molecule has 0 aliphatic carbocycles. The summed E-state index contributed by atoms with van der Waals surface area (Å²) in [6.45, 7) is 14.8. The molecule has 1 N–H and O–H groups in total. The molecule has 4 heteroatoms. The lowest BCUT2D eigenvalue weighted by Crippen LogP contribution is -2.55. The van der Waals surface area contributed by atoms with E-state index in [-0.39, 0.29) is 16.9 Å². The number of amides is 1. The predicted octanol–water partition coefficient (Wildman–Crippen LogP) is 5.05. The first-order valence-electron chi connectivity index (χ1n) is 9.00. The maximum atomic E-state index is 12.7. The summed E-state index contributed by atoms with van der Waals surface area (Å²) >= 11 is 0. The van der Waals surface area contributed by atoms with Crippen LogP contribution in [0.2, 0.25) is 0 Å². The van der Waals surface area contributed by atoms with E-state index in [2.05, 4.69) is 45.1 Å². The maximum Gasteiger partial charge on any atom is 0.274 e. The molecule has 132 valence electrons. The van der Waals surface area contributed by atoms with Crippen LogP contribution in [-0.4, -0.2) is 16.6 Å². The van der Waals surface area contributed by atoms with Crippen molar-refractivity contribution in [2.75, 3.05) is 0 Å². The van der Waals surface area contributed by atoms with Gasteiger partial charge in [-0.15, -0.1) is 0 Å². The predicted molar refractivity (Wildman–Crippen MR) is 94.7 cm³/mol. The molecule has 1 aromatic heterocycles. The first-order chi connectivity index (χ1) is 10.7. The molecular weight excluding hydrogens is 288 g/mol. The van der Waals surface area contributed by atoms with Crippen molar-refractivity contribution in [3.05, 3.63) is 17.0 Å². The number of hydrogen-bond acceptors (Lipinski definition) is 3. The zero-order valence-corrected chi connectivity index (χ0v) is 16.0. The summed E-state index contributed by atoms with van der Waals surface area (Å²) in [5.74, 6) is 0.653. The highest BCUT2D eigenvalue weighted by Gasteiger charge is 2.40. The monoisotopic (exact) mass is 322 g/mol. The molecule has 1 amide bonds. The number of hydrogen-bond donors (Lipinski definition) is 1. The second-order valence-electron chi connectivity index (χ2n) is 7.38. The van der Waals surface area contributed by atoms with Gasteiger partial charge >= 0.3 is 0 Å². The van der Waals surface area contributed by atoms with E-state index >= 15 is 0 Å². The van der Waals surface area contributed by atoms with Crippen molar-refractivity contribution in [3.8, 4) is 0 Å². The second-order valence-corrected chi connectivity index (χ2v) is 7.38. The second kappa shape index (κ2) is 7.98. The summed E-state index contributed by atoms with van der Waals surface area (Å²) in [5.41, 5.74) is 1.03. The topological polar surface area (TPSA) is 55.1 Å². The number of unbranched alkanes of at least 4 members (excludes halogenated alkanes) is 2. The Morgan fingerprint density at radius 1 is 1.17 bits per heavy atom. The Balaban J connectivity index is 2.89. The molecule has 0 fully saturated rings. The molecule has 0 saturated carbocycles. The van der Waals surface area contributed by atoms with Gasteiger partial charge in [-0.2, -0.15) is 0 Å². The molecule has 1 aromatic rings. The van der Waals surface area contributed by atoms with Crippen LogP contribution in [0, 0.1) is 12.3 Å². The quantitative estimate of drug-likeness (QED) is 0.647. The smallest absolute Gasteiger partial charge is 0.274 e. The Kier molecular flexibility index (Phi) is 6.84. The van der Waals surface area contributed by atoms with Crippen LogP contribution in [0.3, 0.4) is 0 Å². The first kappa shape index (κ1) is 19.7. The summed E-state index contributed by atoms with van der Waals surface area (Å²) in [6.07, 6.45) is 6.54. The Bertz CT molecular complexity index is 519. The maximum absolute atomic E-state index is 12.7. The minimum atomic E-state index is -0.301. The Labute approximate surface area is 141 Å². The molecule has 0 spiro atoms. The summed E-state index contributed by atoms with van der Waals surface area (Å²) in [5, 5.41) is 7.17. The highest BCUT2D eigenvalue weighted by Crippen LogP contribution is 2.39. The van der Waals surface area contributed by atoms with Crippen molar-refractivity contribution < 1.29 is 9.32 Å². The van der Waals surface area contributed by atoms with Crippen LogP contribution in [0.4, 0.5) is 0 Å². The Morgan fingerprint density at radius 2 is 1.83 bits per heavy atom. The van der Waals surface area contributed by atoms with Crippen molar-refractivity contribution in [2.45, 2.75) is 92.5 Å². The normalized spacial score (nSPS) is 14.6. The zero-order chi connectivity index (χ0) is 17.7. The van der Waals surface area contributed by atoms with Crippen molar-refractivity contribution >= 4 is 5.91 Å². The van der Waals surface area contributed by atoms with Gasteiger partial charge in [0.05, 0.1) is 0 Å². The standard InChI is InChI=1S/C19H34N2O2/c1-8-11-12-13-19(7,10-3)18(5,6)20-17(22)16-14(4)15(9-2)23-21-16/h8-13H2,1-7H3,(H,20,22). The third-order valence-electron chi connectivity index (χ3n) is 5.60. The first-order valence-corrected chi connectivity index (χ1v) is 9.00. The fourth-order valence-electron chi connectivity index (χ4n) is 3.10. The van der Waals surface area contributed by atoms with Gasteiger partial charge in [0.2, 0.25) is 0 Å². The van der Waals surface area contributed by atoms with Crippen LogP contribution in [0.5, 0.6) is 0 Å². The van der Waals surface area contributed by atoms with Crippen LogP contribution in [0.25, 0.3) is 0 Å². The number of carbonyl (C=O) groups is 1. The molecule has 1 atom stereocenters. The van der Waals surface area contributed by atoms with Gasteiger partial charge in [-0.05, 0) is 39.0 Å². The molecule has 0 saturated heterocycles. The van der Waals surface area contributed by atoms with Gasteiger partial charge in [0.25, 0.3) is 5.91 Å². The van der Waals surface area contributed by atoms with Gasteiger partial charge in [0, 0.05) is 17.5 Å². The number of rotatable bonds is 9. The van der Waals surface area contributed by atoms with Crippen molar-refractivity contribution in [2.24, 2.45) is 5.41 Å². The van der Waals surface area contributed by atoms with Crippen molar-refractivity contribution in [1.29, 1.82) is 0 Å². The zero-order valence-electron chi connectivity index (χ0n) is 16.0. The minimum absolute atomic E-state index is 0.0586. The number of aromatic nitrogens is 1. The molecule has 4 nitrogen and oxygen atoms in total. The lowest BCUT2D eigenvalue weighted by molar-refractivity contribution is 0.0716. The van der Waals surface area contributed by atoms with Crippen LogP contribution in [0.15, 0.2) is 4.52 Å². The minimum Gasteiger partial charge on any atom is -0.360 e. The van der Waals surface area contributed by atoms with Crippen molar-refractivity contribution in [1.82, 2.24) is 10.5 Å². The van der Waals surface area contributed by atoms with Gasteiger partial charge in [0.1, 0.15) is 5.76 Å². The molecule has 0 aromatic carbocycles. The number of aryl methyl sites for hydroxylation is 1. The molecule has 0 aliphatic rings. The number of nitrogens with one attached hydrogen (secondary N) is 1. The highest BCUT2D eigenvalue weighted by molar-refractivity contribution is 5.94. The Hall–Kier alpha value is -1.32. The van der Waals surface area contributed by atoms with Gasteiger partial charge in [0.15, 0.2) is 5.69 Å². The molecular formula is C19H34N2O2. The summed E-state index contributed by atoms with van der Waals surface area (Å²) in [6, 6.07) is 0. The largest absolute Gasteiger partial charge is 0.360 e. The van der Waals surface area contributed by atoms with Crippen LogP contribution >= 0.6 is 0 Å². The molecule has 0 radical (unpaired) electrons. The van der Waals surface area contributed by atoms with Gasteiger partial charge in [-0.3, -0.25) is 4.79 Å². The molecule has 1 unspecified atom stereocenters. The van der Waals surface area contributed by atoms with E-state index in [0.29, 0.717) is 5.69 Å². The molecule has 23 heavy (non-hydrogen) atoms. The van der Waals surface area contributed by atoms with E-state index < -0.39 is 0 Å². The van der Waals surface area contributed by atoms with E-state index in [1.165, 1.54) is 19.3 Å². The fraction of sp³-hybridized carbons (Fsp3) is 0.789.